The molecule has 0 spiro atoms. The fourth-order valence-electron chi connectivity index (χ4n) is 5.64. The van der Waals surface area contributed by atoms with Crippen LogP contribution < -0.4 is 9.47 Å². The number of amides is 2. The summed E-state index contributed by atoms with van der Waals surface area (Å²) in [5.74, 6) is 1.03. The number of carbonyl (C=O) groups excluding carboxylic acids is 4. The maximum atomic E-state index is 13.7. The minimum Gasteiger partial charge on any atom is -0.497 e. The Morgan fingerprint density at radius 1 is 0.653 bits per heavy atom. The number of ketones is 2. The van der Waals surface area contributed by atoms with Crippen LogP contribution in [-0.4, -0.2) is 92.7 Å². The van der Waals surface area contributed by atoms with E-state index in [2.05, 4.69) is 9.97 Å². The van der Waals surface area contributed by atoms with E-state index in [0.717, 1.165) is 0 Å². The van der Waals surface area contributed by atoms with Gasteiger partial charge in [0.2, 0.25) is 23.4 Å². The molecular weight excluding hydrogens is 624 g/mol. The first-order valence-corrected chi connectivity index (χ1v) is 16.8. The molecular formula is C37H50N6O6. The van der Waals surface area contributed by atoms with Crippen LogP contribution in [0.2, 0.25) is 0 Å². The van der Waals surface area contributed by atoms with Crippen LogP contribution in [-0.2, 0) is 22.7 Å². The van der Waals surface area contributed by atoms with Crippen molar-refractivity contribution in [2.75, 3.05) is 40.4 Å². The fourth-order valence-corrected chi connectivity index (χ4v) is 5.64. The number of ether oxygens (including phenoxy) is 2. The van der Waals surface area contributed by atoms with Crippen molar-refractivity contribution in [2.24, 2.45) is 10.8 Å². The van der Waals surface area contributed by atoms with E-state index in [0.29, 0.717) is 66.2 Å². The van der Waals surface area contributed by atoms with Gasteiger partial charge >= 0.3 is 0 Å². The van der Waals surface area contributed by atoms with E-state index in [-0.39, 0.29) is 48.1 Å². The molecule has 0 unspecified atom stereocenters. The number of imidazole rings is 2. The van der Waals surface area contributed by atoms with E-state index in [1.807, 2.05) is 55.4 Å². The van der Waals surface area contributed by atoms with Crippen molar-refractivity contribution < 1.29 is 28.7 Å². The minimum atomic E-state index is -0.692. The van der Waals surface area contributed by atoms with Crippen LogP contribution in [0.15, 0.2) is 36.4 Å². The summed E-state index contributed by atoms with van der Waals surface area (Å²) in [6, 6.07) is 10.7. The van der Waals surface area contributed by atoms with Gasteiger partial charge in [-0.25, -0.2) is 9.97 Å². The van der Waals surface area contributed by atoms with Crippen molar-refractivity contribution in [1.82, 2.24) is 28.9 Å². The number of likely N-dealkylation sites (N-methyl/N-ethyl adjacent to an activating group) is 2. The third-order valence-corrected chi connectivity index (χ3v) is 8.59. The van der Waals surface area contributed by atoms with Gasteiger partial charge in [0, 0.05) is 49.1 Å². The van der Waals surface area contributed by atoms with Crippen LogP contribution in [0.1, 0.15) is 83.0 Å². The summed E-state index contributed by atoms with van der Waals surface area (Å²) in [5.41, 5.74) is 1.13. The first-order valence-electron chi connectivity index (χ1n) is 16.8. The van der Waals surface area contributed by atoms with Gasteiger partial charge in [0.15, 0.2) is 11.6 Å². The van der Waals surface area contributed by atoms with Crippen LogP contribution >= 0.6 is 0 Å². The zero-order valence-corrected chi connectivity index (χ0v) is 30.5. The molecule has 0 saturated heterocycles. The molecule has 0 bridgehead atoms. The molecule has 0 aliphatic rings. The molecule has 0 aliphatic heterocycles. The molecule has 2 aromatic heterocycles. The number of methoxy groups -OCH3 is 2. The van der Waals surface area contributed by atoms with Gasteiger partial charge in [-0.1, -0.05) is 41.5 Å². The lowest BCUT2D eigenvalue weighted by atomic mass is 9.90. The van der Waals surface area contributed by atoms with Crippen molar-refractivity contribution in [1.29, 1.82) is 0 Å². The molecule has 2 heterocycles. The molecule has 264 valence electrons. The Hall–Kier alpha value is -4.74. The average Bonchev–Trinajstić information content (AvgIpc) is 3.59. The van der Waals surface area contributed by atoms with Crippen molar-refractivity contribution >= 4 is 45.4 Å². The van der Waals surface area contributed by atoms with Crippen LogP contribution in [0.25, 0.3) is 22.1 Å². The maximum absolute atomic E-state index is 13.7. The lowest BCUT2D eigenvalue weighted by molar-refractivity contribution is -0.132. The van der Waals surface area contributed by atoms with Crippen LogP contribution in [0.3, 0.4) is 0 Å². The number of Topliss-reactive ketones (excluding diaryl/α,β-unsaturated/α-hetero) is 2. The molecule has 2 amide bonds. The first kappa shape index (κ1) is 37.1. The number of nitrogens with zero attached hydrogens (tertiary/aromatic N) is 6. The summed E-state index contributed by atoms with van der Waals surface area (Å²) in [6.45, 7) is 16.4. The number of rotatable bonds is 14. The monoisotopic (exact) mass is 674 g/mol. The van der Waals surface area contributed by atoms with Crippen LogP contribution in [0.4, 0.5) is 0 Å². The highest BCUT2D eigenvalue weighted by Crippen LogP contribution is 2.28. The molecule has 0 N–H and O–H groups in total. The highest BCUT2D eigenvalue weighted by atomic mass is 16.5. The summed E-state index contributed by atoms with van der Waals surface area (Å²) >= 11 is 0. The Morgan fingerprint density at radius 2 is 1.02 bits per heavy atom. The Kier molecular flexibility index (Phi) is 11.2. The van der Waals surface area contributed by atoms with Crippen LogP contribution in [0, 0.1) is 10.8 Å². The molecule has 12 nitrogen and oxygen atoms in total. The predicted octanol–water partition coefficient (Wildman–Crippen LogP) is 5.65. The highest BCUT2D eigenvalue weighted by molar-refractivity contribution is 6.01. The first-order chi connectivity index (χ1) is 23.0. The standard InChI is InChI=1S/C37H50N6O6/c1-11-40(30(44)22-42-28-20-24(48-9)14-16-26(28)38-34(42)32(46)36(3,4)5)18-13-19-41(12-2)31(45)23-43-29-21-25(49-10)15-17-27(29)39-35(43)33(47)37(6,7)8/h14-17,20-21H,11-13,18-19,22-23H2,1-10H3. The van der Waals surface area contributed by atoms with E-state index in [9.17, 15) is 19.2 Å². The van der Waals surface area contributed by atoms with Crippen molar-refractivity contribution in [3.05, 3.63) is 48.0 Å². The third kappa shape index (κ3) is 8.12. The van der Waals surface area contributed by atoms with E-state index in [1.54, 1.807) is 69.6 Å². The largest absolute Gasteiger partial charge is 0.497 e. The van der Waals surface area contributed by atoms with Crippen LogP contribution in [0.5, 0.6) is 11.5 Å². The maximum Gasteiger partial charge on any atom is 0.242 e. The van der Waals surface area contributed by atoms with E-state index >= 15 is 0 Å². The summed E-state index contributed by atoms with van der Waals surface area (Å²) in [7, 11) is 3.13. The van der Waals surface area contributed by atoms with Gasteiger partial charge in [-0.3, -0.25) is 19.2 Å². The van der Waals surface area contributed by atoms with Gasteiger partial charge < -0.3 is 28.4 Å². The number of aromatic nitrogens is 4. The van der Waals surface area contributed by atoms with Gasteiger partial charge in [0.1, 0.15) is 24.6 Å². The Morgan fingerprint density at radius 3 is 1.33 bits per heavy atom. The van der Waals surface area contributed by atoms with E-state index in [1.165, 1.54) is 0 Å². The Labute approximate surface area is 288 Å². The number of carbonyl (C=O) groups is 4. The molecule has 4 aromatic rings. The second-order valence-electron chi connectivity index (χ2n) is 14.2. The van der Waals surface area contributed by atoms with E-state index in [4.69, 9.17) is 9.47 Å². The summed E-state index contributed by atoms with van der Waals surface area (Å²) in [5, 5.41) is 0. The number of hydrogen-bond acceptors (Lipinski definition) is 8. The number of benzene rings is 2. The number of fused-ring (bicyclic) bond motifs is 2. The lowest BCUT2D eigenvalue weighted by Crippen LogP contribution is -2.39. The minimum absolute atomic E-state index is 0.0627. The summed E-state index contributed by atoms with van der Waals surface area (Å²) < 4.78 is 14.2. The summed E-state index contributed by atoms with van der Waals surface area (Å²) in [6.07, 6.45) is 0.539. The number of hydrogen-bond donors (Lipinski definition) is 0. The summed E-state index contributed by atoms with van der Waals surface area (Å²) in [4.78, 5) is 66.9. The molecule has 4 rings (SSSR count). The molecule has 0 atom stereocenters. The van der Waals surface area contributed by atoms with Gasteiger partial charge in [0.25, 0.3) is 0 Å². The normalized spacial score (nSPS) is 12.0. The zero-order chi connectivity index (χ0) is 36.3. The molecule has 49 heavy (non-hydrogen) atoms. The lowest BCUT2D eigenvalue weighted by Gasteiger charge is -2.26. The van der Waals surface area contributed by atoms with Gasteiger partial charge in [-0.15, -0.1) is 0 Å². The van der Waals surface area contributed by atoms with E-state index < -0.39 is 10.8 Å². The SMILES string of the molecule is CCN(CCCN(CC)C(=O)Cn1c(C(=O)C(C)(C)C)nc2ccc(OC)cc21)C(=O)Cn1c(C(=O)C(C)(C)C)nc2ccc(OC)cc21. The second-order valence-corrected chi connectivity index (χ2v) is 14.2. The molecule has 0 aliphatic carbocycles. The fraction of sp³-hybridized carbons (Fsp3) is 0.514. The van der Waals surface area contributed by atoms with Crippen molar-refractivity contribution in [3.63, 3.8) is 0 Å². The second kappa shape index (κ2) is 14.8. The molecule has 0 saturated carbocycles. The topological polar surface area (TPSA) is 129 Å². The quantitative estimate of drug-likeness (QED) is 0.157. The predicted molar refractivity (Wildman–Crippen MR) is 189 cm³/mol. The molecule has 0 radical (unpaired) electrons. The smallest absolute Gasteiger partial charge is 0.242 e. The Bertz CT molecular complexity index is 1720. The van der Waals surface area contributed by atoms with Crippen molar-refractivity contribution in [2.45, 2.75) is 74.9 Å². The highest BCUT2D eigenvalue weighted by Gasteiger charge is 2.31. The molecule has 12 heteroatoms. The Balaban J connectivity index is 1.51. The molecule has 0 fully saturated rings. The average molecular weight is 675 g/mol. The molecule has 2 aromatic carbocycles. The van der Waals surface area contributed by atoms with Gasteiger partial charge in [-0.2, -0.15) is 0 Å². The van der Waals surface area contributed by atoms with Gasteiger partial charge in [0.05, 0.1) is 36.3 Å². The third-order valence-electron chi connectivity index (χ3n) is 8.59. The van der Waals surface area contributed by atoms with Gasteiger partial charge in [-0.05, 0) is 44.5 Å². The van der Waals surface area contributed by atoms with Crippen molar-refractivity contribution in [3.8, 4) is 11.5 Å². The zero-order valence-electron chi connectivity index (χ0n) is 30.5.